The third-order valence-corrected chi connectivity index (χ3v) is 1.66. The van der Waals surface area contributed by atoms with Crippen LogP contribution in [0.1, 0.15) is 13.3 Å². The lowest BCUT2D eigenvalue weighted by atomic mass is 10.1. The molecule has 0 radical (unpaired) electrons. The van der Waals surface area contributed by atoms with Crippen molar-refractivity contribution in [1.82, 2.24) is 0 Å². The number of rotatable bonds is 2. The van der Waals surface area contributed by atoms with E-state index in [1.165, 1.54) is 0 Å². The summed E-state index contributed by atoms with van der Waals surface area (Å²) in [6.45, 7) is 2.70. The molecule has 0 spiro atoms. The van der Waals surface area contributed by atoms with Gasteiger partial charge in [0.25, 0.3) is 0 Å². The molecule has 1 rings (SSSR count). The quantitative estimate of drug-likeness (QED) is 0.560. The zero-order valence-electron chi connectivity index (χ0n) is 6.58. The lowest BCUT2D eigenvalue weighted by Gasteiger charge is -2.11. The smallest absolute Gasteiger partial charge is 0.336 e. The van der Waals surface area contributed by atoms with Gasteiger partial charge in [-0.2, -0.15) is 0 Å². The monoisotopic (exact) mass is 159 g/mol. The maximum absolute atomic E-state index is 11.0. The molecule has 11 heavy (non-hydrogen) atoms. The third-order valence-electron chi connectivity index (χ3n) is 1.66. The van der Waals surface area contributed by atoms with Gasteiger partial charge >= 0.3 is 5.97 Å². The van der Waals surface area contributed by atoms with E-state index in [9.17, 15) is 4.79 Å². The predicted octanol–water partition coefficient (Wildman–Crippen LogP) is -0.334. The standard InChI is InChI=1S/C7H13NO3/c1-2-10-7(9)6-5(8)3-4-11-6/h5-6H,2-4,8H2,1H3/t5-,6+/m1/s1. The highest BCUT2D eigenvalue weighted by molar-refractivity contribution is 5.75. The van der Waals surface area contributed by atoms with E-state index in [0.29, 0.717) is 13.2 Å². The van der Waals surface area contributed by atoms with Gasteiger partial charge in [-0.15, -0.1) is 0 Å². The van der Waals surface area contributed by atoms with Gasteiger partial charge in [-0.25, -0.2) is 4.79 Å². The molecule has 0 aromatic rings. The lowest BCUT2D eigenvalue weighted by molar-refractivity contribution is -0.154. The summed E-state index contributed by atoms with van der Waals surface area (Å²) in [5, 5.41) is 0. The molecular formula is C7H13NO3. The fourth-order valence-corrected chi connectivity index (χ4v) is 1.07. The summed E-state index contributed by atoms with van der Waals surface area (Å²) in [6.07, 6.45) is 0.207. The maximum atomic E-state index is 11.0. The molecule has 0 saturated carbocycles. The number of carbonyl (C=O) groups excluding carboxylic acids is 1. The fourth-order valence-electron chi connectivity index (χ4n) is 1.07. The molecule has 1 aliphatic rings. The summed E-state index contributed by atoms with van der Waals surface area (Å²) >= 11 is 0. The fraction of sp³-hybridized carbons (Fsp3) is 0.857. The van der Waals surface area contributed by atoms with Gasteiger partial charge in [0, 0.05) is 12.6 Å². The maximum Gasteiger partial charge on any atom is 0.336 e. The van der Waals surface area contributed by atoms with Crippen molar-refractivity contribution in [1.29, 1.82) is 0 Å². The minimum atomic E-state index is -0.532. The number of nitrogens with two attached hydrogens (primary N) is 1. The van der Waals surface area contributed by atoms with Crippen LogP contribution in [-0.4, -0.2) is 31.3 Å². The number of hydrogen-bond donors (Lipinski definition) is 1. The van der Waals surface area contributed by atoms with Crippen molar-refractivity contribution in [3.8, 4) is 0 Å². The highest BCUT2D eigenvalue weighted by atomic mass is 16.6. The van der Waals surface area contributed by atoms with Crippen molar-refractivity contribution in [2.75, 3.05) is 13.2 Å². The van der Waals surface area contributed by atoms with Crippen LogP contribution in [-0.2, 0) is 14.3 Å². The predicted molar refractivity (Wildman–Crippen MR) is 39.0 cm³/mol. The largest absolute Gasteiger partial charge is 0.464 e. The van der Waals surface area contributed by atoms with Crippen molar-refractivity contribution in [3.63, 3.8) is 0 Å². The van der Waals surface area contributed by atoms with E-state index in [2.05, 4.69) is 0 Å². The van der Waals surface area contributed by atoms with Crippen LogP contribution in [0.25, 0.3) is 0 Å². The first-order chi connectivity index (χ1) is 5.25. The Hall–Kier alpha value is -0.610. The Morgan fingerprint density at radius 1 is 1.82 bits per heavy atom. The van der Waals surface area contributed by atoms with E-state index < -0.39 is 6.10 Å². The van der Waals surface area contributed by atoms with Crippen LogP contribution >= 0.6 is 0 Å². The second kappa shape index (κ2) is 3.69. The van der Waals surface area contributed by atoms with Gasteiger partial charge in [-0.1, -0.05) is 0 Å². The molecule has 0 unspecified atom stereocenters. The Morgan fingerprint density at radius 2 is 2.55 bits per heavy atom. The highest BCUT2D eigenvalue weighted by Crippen LogP contribution is 2.12. The van der Waals surface area contributed by atoms with Crippen LogP contribution in [0.5, 0.6) is 0 Å². The van der Waals surface area contributed by atoms with Gasteiger partial charge in [0.05, 0.1) is 6.61 Å². The SMILES string of the molecule is CCOC(=O)[C@H]1OCC[C@H]1N. The topological polar surface area (TPSA) is 61.5 Å². The van der Waals surface area contributed by atoms with Gasteiger partial charge in [0.15, 0.2) is 6.10 Å². The van der Waals surface area contributed by atoms with Crippen LogP contribution < -0.4 is 5.73 Å². The molecule has 1 fully saturated rings. The van der Waals surface area contributed by atoms with Crippen LogP contribution in [0.4, 0.5) is 0 Å². The van der Waals surface area contributed by atoms with Gasteiger partial charge in [0.2, 0.25) is 0 Å². The number of esters is 1. The van der Waals surface area contributed by atoms with E-state index >= 15 is 0 Å². The summed E-state index contributed by atoms with van der Waals surface area (Å²) in [6, 6.07) is -0.186. The van der Waals surface area contributed by atoms with Gasteiger partial charge < -0.3 is 15.2 Å². The summed E-state index contributed by atoms with van der Waals surface area (Å²) in [4.78, 5) is 11.0. The molecule has 1 saturated heterocycles. The molecule has 0 amide bonds. The molecule has 2 atom stereocenters. The minimum Gasteiger partial charge on any atom is -0.464 e. The molecular weight excluding hydrogens is 146 g/mol. The van der Waals surface area contributed by atoms with E-state index in [1.54, 1.807) is 6.92 Å². The number of ether oxygens (including phenoxy) is 2. The zero-order valence-corrected chi connectivity index (χ0v) is 6.58. The summed E-state index contributed by atoms with van der Waals surface area (Å²) < 4.78 is 9.83. The molecule has 0 aromatic heterocycles. The molecule has 1 heterocycles. The van der Waals surface area contributed by atoms with Crippen LogP contribution in [0.15, 0.2) is 0 Å². The molecule has 0 aromatic carbocycles. The van der Waals surface area contributed by atoms with Crippen molar-refractivity contribution in [3.05, 3.63) is 0 Å². The van der Waals surface area contributed by atoms with E-state index in [-0.39, 0.29) is 12.0 Å². The van der Waals surface area contributed by atoms with Crippen LogP contribution in [0.3, 0.4) is 0 Å². The normalized spacial score (nSPS) is 30.4. The Labute approximate surface area is 65.7 Å². The van der Waals surface area contributed by atoms with Crippen molar-refractivity contribution >= 4 is 5.97 Å². The molecule has 4 heteroatoms. The number of carbonyl (C=O) groups is 1. The van der Waals surface area contributed by atoms with Crippen LogP contribution in [0, 0.1) is 0 Å². The van der Waals surface area contributed by atoms with Crippen LogP contribution in [0.2, 0.25) is 0 Å². The Balaban J connectivity index is 2.39. The lowest BCUT2D eigenvalue weighted by Crippen LogP contribution is -2.37. The zero-order chi connectivity index (χ0) is 8.27. The summed E-state index contributed by atoms with van der Waals surface area (Å²) in [7, 11) is 0. The first-order valence-corrected chi connectivity index (χ1v) is 3.79. The third kappa shape index (κ3) is 1.91. The average Bonchev–Trinajstić information content (AvgIpc) is 2.36. The van der Waals surface area contributed by atoms with Crippen molar-refractivity contribution in [2.45, 2.75) is 25.5 Å². The van der Waals surface area contributed by atoms with E-state index in [1.807, 2.05) is 0 Å². The average molecular weight is 159 g/mol. The molecule has 2 N–H and O–H groups in total. The Kier molecular flexibility index (Phi) is 2.84. The molecule has 0 bridgehead atoms. The molecule has 0 aliphatic carbocycles. The summed E-state index contributed by atoms with van der Waals surface area (Å²) in [5.41, 5.74) is 5.58. The Bertz CT molecular complexity index is 149. The summed E-state index contributed by atoms with van der Waals surface area (Å²) in [5.74, 6) is -0.336. The van der Waals surface area contributed by atoms with E-state index in [0.717, 1.165) is 6.42 Å². The molecule has 64 valence electrons. The highest BCUT2D eigenvalue weighted by Gasteiger charge is 2.32. The van der Waals surface area contributed by atoms with E-state index in [4.69, 9.17) is 15.2 Å². The van der Waals surface area contributed by atoms with Crippen molar-refractivity contribution in [2.24, 2.45) is 5.73 Å². The first-order valence-electron chi connectivity index (χ1n) is 3.79. The van der Waals surface area contributed by atoms with Crippen molar-refractivity contribution < 1.29 is 14.3 Å². The minimum absolute atomic E-state index is 0.186. The first kappa shape index (κ1) is 8.49. The van der Waals surface area contributed by atoms with Gasteiger partial charge in [-0.3, -0.25) is 0 Å². The Morgan fingerprint density at radius 3 is 3.00 bits per heavy atom. The molecule has 1 aliphatic heterocycles. The molecule has 4 nitrogen and oxygen atoms in total. The van der Waals surface area contributed by atoms with Gasteiger partial charge in [-0.05, 0) is 13.3 Å². The number of hydrogen-bond acceptors (Lipinski definition) is 4. The van der Waals surface area contributed by atoms with Gasteiger partial charge in [0.1, 0.15) is 0 Å². The second-order valence-electron chi connectivity index (χ2n) is 2.50. The second-order valence-corrected chi connectivity index (χ2v) is 2.50.